The molecule has 0 unspecified atom stereocenters. The van der Waals surface area contributed by atoms with Gasteiger partial charge in [-0.05, 0) is 65.4 Å². The number of hydrogen-bond acceptors (Lipinski definition) is 7. The number of aliphatic hydroxyl groups is 1. The first-order chi connectivity index (χ1) is 16.9. The standard InChI is InChI=1S/C25H33F2N5O3S/c1-13-6-5-9-32(13)24(34)19-20(36-23(31-19)22(33)29-12-25(3,4)35)17-11-28-18(10-16(17)21(26)27)30-14(2)15-7-8-15/h10-11,13-15,21,35H,5-9,12H2,1-4H3,(H,28,30)(H,29,33)/t13-,14-/m0/s1. The molecule has 0 spiro atoms. The predicted molar refractivity (Wildman–Crippen MR) is 134 cm³/mol. The Kier molecular flexibility index (Phi) is 7.61. The van der Waals surface area contributed by atoms with Crippen LogP contribution in [0.15, 0.2) is 12.3 Å². The summed E-state index contributed by atoms with van der Waals surface area (Å²) in [7, 11) is 0. The van der Waals surface area contributed by atoms with Gasteiger partial charge in [0.1, 0.15) is 11.5 Å². The second-order valence-corrected chi connectivity index (χ2v) is 11.4. The van der Waals surface area contributed by atoms with Gasteiger partial charge in [0.15, 0.2) is 5.01 Å². The molecule has 0 aromatic carbocycles. The average Bonchev–Trinajstić information content (AvgIpc) is 3.44. The van der Waals surface area contributed by atoms with Crippen molar-refractivity contribution in [1.29, 1.82) is 0 Å². The normalized spacial score (nSPS) is 19.0. The van der Waals surface area contributed by atoms with Crippen molar-refractivity contribution in [3.05, 3.63) is 28.5 Å². The molecule has 4 rings (SSSR count). The number of amides is 2. The zero-order chi connectivity index (χ0) is 26.2. The monoisotopic (exact) mass is 521 g/mol. The van der Waals surface area contributed by atoms with Crippen molar-refractivity contribution in [3.8, 4) is 10.4 Å². The van der Waals surface area contributed by atoms with Gasteiger partial charge in [0.2, 0.25) is 0 Å². The fraction of sp³-hybridized carbons (Fsp3) is 0.600. The molecule has 2 aromatic heterocycles. The van der Waals surface area contributed by atoms with Crippen molar-refractivity contribution < 1.29 is 23.5 Å². The number of pyridine rings is 1. The van der Waals surface area contributed by atoms with Crippen LogP contribution in [-0.4, -0.2) is 62.6 Å². The second-order valence-electron chi connectivity index (χ2n) is 10.4. The first-order valence-electron chi connectivity index (χ1n) is 12.3. The number of hydrogen-bond donors (Lipinski definition) is 3. The fourth-order valence-corrected chi connectivity index (χ4v) is 5.36. The highest BCUT2D eigenvalue weighted by Gasteiger charge is 2.33. The van der Waals surface area contributed by atoms with Gasteiger partial charge in [-0.3, -0.25) is 9.59 Å². The number of alkyl halides is 2. The van der Waals surface area contributed by atoms with E-state index in [-0.39, 0.29) is 45.3 Å². The number of rotatable bonds is 9. The molecular weight excluding hydrogens is 488 g/mol. The minimum atomic E-state index is -2.82. The number of nitrogens with zero attached hydrogens (tertiary/aromatic N) is 3. The summed E-state index contributed by atoms with van der Waals surface area (Å²) in [5.41, 5.74) is -1.36. The lowest BCUT2D eigenvalue weighted by molar-refractivity contribution is 0.0692. The van der Waals surface area contributed by atoms with E-state index in [9.17, 15) is 23.5 Å². The van der Waals surface area contributed by atoms with Crippen LogP contribution < -0.4 is 10.6 Å². The highest BCUT2D eigenvalue weighted by Crippen LogP contribution is 2.39. The van der Waals surface area contributed by atoms with E-state index in [0.717, 1.165) is 37.0 Å². The van der Waals surface area contributed by atoms with Crippen LogP contribution in [0.1, 0.15) is 85.7 Å². The predicted octanol–water partition coefficient (Wildman–Crippen LogP) is 4.48. The topological polar surface area (TPSA) is 107 Å². The highest BCUT2D eigenvalue weighted by molar-refractivity contribution is 7.17. The van der Waals surface area contributed by atoms with Crippen LogP contribution in [0.4, 0.5) is 14.6 Å². The van der Waals surface area contributed by atoms with E-state index in [1.54, 1.807) is 18.7 Å². The molecule has 1 saturated carbocycles. The number of aromatic nitrogens is 2. The van der Waals surface area contributed by atoms with Gasteiger partial charge in [-0.2, -0.15) is 0 Å². The number of thiazole rings is 1. The minimum Gasteiger partial charge on any atom is -0.389 e. The Morgan fingerprint density at radius 3 is 2.61 bits per heavy atom. The molecule has 2 aromatic rings. The molecule has 3 heterocycles. The smallest absolute Gasteiger partial charge is 0.280 e. The van der Waals surface area contributed by atoms with Crippen LogP contribution in [0.2, 0.25) is 0 Å². The zero-order valence-electron chi connectivity index (χ0n) is 21.0. The van der Waals surface area contributed by atoms with Crippen LogP contribution in [0.3, 0.4) is 0 Å². The van der Waals surface area contributed by atoms with Gasteiger partial charge in [-0.15, -0.1) is 11.3 Å². The number of halogens is 2. The maximum Gasteiger partial charge on any atom is 0.280 e. The SMILES string of the molecule is C[C@H](Nc1cc(C(F)F)c(-c2sc(C(=O)NCC(C)(C)O)nc2C(=O)N2CCC[C@@H]2C)cn1)C1CC1. The number of nitrogens with one attached hydrogen (secondary N) is 2. The Hall–Kier alpha value is -2.66. The highest BCUT2D eigenvalue weighted by atomic mass is 32.1. The summed E-state index contributed by atoms with van der Waals surface area (Å²) < 4.78 is 28.5. The number of anilines is 1. The summed E-state index contributed by atoms with van der Waals surface area (Å²) in [4.78, 5) is 36.8. The summed E-state index contributed by atoms with van der Waals surface area (Å²) in [6.07, 6.45) is 2.41. The third kappa shape index (κ3) is 6.00. The summed E-state index contributed by atoms with van der Waals surface area (Å²) in [5.74, 6) is -0.112. The van der Waals surface area contributed by atoms with Gasteiger partial charge in [-0.1, -0.05) is 0 Å². The maximum atomic E-state index is 14.2. The third-order valence-electron chi connectivity index (χ3n) is 6.64. The molecule has 1 saturated heterocycles. The number of carbonyl (C=O) groups is 2. The molecule has 36 heavy (non-hydrogen) atoms. The van der Waals surface area contributed by atoms with Crippen molar-refractivity contribution in [2.75, 3.05) is 18.4 Å². The molecule has 2 atom stereocenters. The van der Waals surface area contributed by atoms with E-state index in [1.807, 2.05) is 13.8 Å². The Bertz CT molecular complexity index is 1130. The van der Waals surface area contributed by atoms with Gasteiger partial charge >= 0.3 is 0 Å². The first kappa shape index (κ1) is 26.4. The largest absolute Gasteiger partial charge is 0.389 e. The molecule has 3 N–H and O–H groups in total. The lowest BCUT2D eigenvalue weighted by atomic mass is 10.1. The average molecular weight is 522 g/mol. The van der Waals surface area contributed by atoms with Crippen LogP contribution in [0.25, 0.3) is 10.4 Å². The van der Waals surface area contributed by atoms with Crippen molar-refractivity contribution in [2.24, 2.45) is 5.92 Å². The molecule has 8 nitrogen and oxygen atoms in total. The van der Waals surface area contributed by atoms with Crippen LogP contribution in [0.5, 0.6) is 0 Å². The third-order valence-corrected chi connectivity index (χ3v) is 7.73. The molecule has 2 amide bonds. The Labute approximate surface area is 213 Å². The van der Waals surface area contributed by atoms with Crippen molar-refractivity contribution >= 4 is 29.0 Å². The molecule has 1 aliphatic heterocycles. The van der Waals surface area contributed by atoms with E-state index in [1.165, 1.54) is 12.3 Å². The molecule has 11 heteroatoms. The van der Waals surface area contributed by atoms with E-state index in [4.69, 9.17) is 0 Å². The lowest BCUT2D eigenvalue weighted by Crippen LogP contribution is -2.38. The summed E-state index contributed by atoms with van der Waals surface area (Å²) in [6, 6.07) is 1.43. The molecule has 0 radical (unpaired) electrons. The molecule has 196 valence electrons. The Morgan fingerprint density at radius 1 is 1.31 bits per heavy atom. The molecular formula is C25H33F2N5O3S. The van der Waals surface area contributed by atoms with Crippen molar-refractivity contribution in [1.82, 2.24) is 20.2 Å². The van der Waals surface area contributed by atoms with E-state index in [2.05, 4.69) is 20.6 Å². The van der Waals surface area contributed by atoms with Crippen LogP contribution in [0, 0.1) is 5.92 Å². The van der Waals surface area contributed by atoms with Gasteiger partial charge in [-0.25, -0.2) is 18.7 Å². The molecule has 2 fully saturated rings. The van der Waals surface area contributed by atoms with E-state index < -0.39 is 23.8 Å². The van der Waals surface area contributed by atoms with Gasteiger partial charge < -0.3 is 20.6 Å². The van der Waals surface area contributed by atoms with Crippen molar-refractivity contribution in [3.63, 3.8) is 0 Å². The second kappa shape index (κ2) is 10.4. The van der Waals surface area contributed by atoms with E-state index in [0.29, 0.717) is 18.3 Å². The maximum absolute atomic E-state index is 14.2. The Balaban J connectivity index is 1.73. The fourth-order valence-electron chi connectivity index (χ4n) is 4.36. The number of carbonyl (C=O) groups excluding carboxylic acids is 2. The quantitative estimate of drug-likeness (QED) is 0.449. The first-order valence-corrected chi connectivity index (χ1v) is 13.1. The lowest BCUT2D eigenvalue weighted by Gasteiger charge is -2.21. The zero-order valence-corrected chi connectivity index (χ0v) is 21.8. The summed E-state index contributed by atoms with van der Waals surface area (Å²) >= 11 is 0.880. The Morgan fingerprint density at radius 2 is 2.03 bits per heavy atom. The minimum absolute atomic E-state index is 0.0114. The van der Waals surface area contributed by atoms with Gasteiger partial charge in [0, 0.05) is 42.5 Å². The van der Waals surface area contributed by atoms with Crippen LogP contribution >= 0.6 is 11.3 Å². The van der Waals surface area contributed by atoms with E-state index >= 15 is 0 Å². The van der Waals surface area contributed by atoms with Gasteiger partial charge in [0.05, 0.1) is 10.5 Å². The van der Waals surface area contributed by atoms with Crippen LogP contribution in [-0.2, 0) is 0 Å². The van der Waals surface area contributed by atoms with Gasteiger partial charge in [0.25, 0.3) is 18.2 Å². The summed E-state index contributed by atoms with van der Waals surface area (Å²) in [6.45, 7) is 7.54. The molecule has 1 aliphatic carbocycles. The number of likely N-dealkylation sites (tertiary alicyclic amines) is 1. The molecule has 0 bridgehead atoms. The summed E-state index contributed by atoms with van der Waals surface area (Å²) in [5, 5.41) is 15.7. The molecule has 2 aliphatic rings. The van der Waals surface area contributed by atoms with Crippen molar-refractivity contribution in [2.45, 2.75) is 77.5 Å².